The molecule has 0 radical (unpaired) electrons. The van der Waals surface area contributed by atoms with Crippen LogP contribution >= 0.6 is 15.9 Å². The lowest BCUT2D eigenvalue weighted by Crippen LogP contribution is -2.28. The van der Waals surface area contributed by atoms with E-state index >= 15 is 0 Å². The molecule has 0 bridgehead atoms. The molecule has 0 aromatic heterocycles. The van der Waals surface area contributed by atoms with E-state index in [1.807, 2.05) is 0 Å². The van der Waals surface area contributed by atoms with Crippen LogP contribution in [0.5, 0.6) is 0 Å². The summed E-state index contributed by atoms with van der Waals surface area (Å²) >= 11 is 3.12. The van der Waals surface area contributed by atoms with Gasteiger partial charge in [-0.1, -0.05) is 22.9 Å². The summed E-state index contributed by atoms with van der Waals surface area (Å²) in [5.74, 6) is -1.45. The van der Waals surface area contributed by atoms with Crippen LogP contribution in [-0.4, -0.2) is 17.1 Å². The zero-order chi connectivity index (χ0) is 11.4. The number of carboxylic acids is 1. The van der Waals surface area contributed by atoms with Crippen LogP contribution in [0.3, 0.4) is 0 Å². The second-order valence-electron chi connectivity index (χ2n) is 3.07. The van der Waals surface area contributed by atoms with Gasteiger partial charge in [0.2, 0.25) is 0 Å². The highest BCUT2D eigenvalue weighted by molar-refractivity contribution is 9.10. The van der Waals surface area contributed by atoms with Crippen molar-refractivity contribution in [2.24, 2.45) is 0 Å². The molecule has 0 fully saturated rings. The number of anilines is 1. The Morgan fingerprint density at radius 3 is 2.80 bits per heavy atom. The predicted molar refractivity (Wildman–Crippen MR) is 59.4 cm³/mol. The molecule has 2 N–H and O–H groups in total. The van der Waals surface area contributed by atoms with Gasteiger partial charge >= 0.3 is 5.97 Å². The molecule has 1 aromatic carbocycles. The Kier molecular flexibility index (Phi) is 4.08. The zero-order valence-electron chi connectivity index (χ0n) is 8.13. The van der Waals surface area contributed by atoms with Crippen LogP contribution in [0.2, 0.25) is 0 Å². The smallest absolute Gasteiger partial charge is 0.326 e. The summed E-state index contributed by atoms with van der Waals surface area (Å²) in [7, 11) is 0. The summed E-state index contributed by atoms with van der Waals surface area (Å²) in [5.41, 5.74) is 0.201. The van der Waals surface area contributed by atoms with Gasteiger partial charge in [-0.2, -0.15) is 0 Å². The van der Waals surface area contributed by atoms with Crippen LogP contribution in [0.25, 0.3) is 0 Å². The minimum atomic E-state index is -0.986. The molecular weight excluding hydrogens is 265 g/mol. The van der Waals surface area contributed by atoms with Gasteiger partial charge in [0.1, 0.15) is 11.9 Å². The molecule has 1 atom stereocenters. The van der Waals surface area contributed by atoms with E-state index in [1.165, 1.54) is 12.1 Å². The normalized spacial score (nSPS) is 12.2. The lowest BCUT2D eigenvalue weighted by molar-refractivity contribution is -0.137. The fourth-order valence-corrected chi connectivity index (χ4v) is 1.47. The number of halogens is 2. The first-order valence-electron chi connectivity index (χ1n) is 4.49. The van der Waals surface area contributed by atoms with Crippen LogP contribution in [-0.2, 0) is 4.79 Å². The Balaban J connectivity index is 2.84. The first-order valence-corrected chi connectivity index (χ1v) is 5.28. The Labute approximate surface area is 95.4 Å². The van der Waals surface area contributed by atoms with E-state index in [0.29, 0.717) is 10.9 Å². The van der Waals surface area contributed by atoms with Crippen molar-refractivity contribution in [3.8, 4) is 0 Å². The monoisotopic (exact) mass is 275 g/mol. The second-order valence-corrected chi connectivity index (χ2v) is 3.98. The molecule has 5 heteroatoms. The molecule has 3 nitrogen and oxygen atoms in total. The lowest BCUT2D eigenvalue weighted by Gasteiger charge is -2.14. The van der Waals surface area contributed by atoms with Crippen molar-refractivity contribution < 1.29 is 14.3 Å². The number of hydrogen-bond donors (Lipinski definition) is 2. The molecule has 0 amide bonds. The topological polar surface area (TPSA) is 49.3 Å². The number of hydrogen-bond acceptors (Lipinski definition) is 2. The highest BCUT2D eigenvalue weighted by atomic mass is 79.9. The van der Waals surface area contributed by atoms with Gasteiger partial charge in [0.25, 0.3) is 0 Å². The van der Waals surface area contributed by atoms with Gasteiger partial charge in [0.15, 0.2) is 0 Å². The van der Waals surface area contributed by atoms with Crippen LogP contribution in [0.4, 0.5) is 10.1 Å². The summed E-state index contributed by atoms with van der Waals surface area (Å²) < 4.78 is 13.9. The third kappa shape index (κ3) is 3.20. The Morgan fingerprint density at radius 1 is 1.67 bits per heavy atom. The first kappa shape index (κ1) is 12.0. The van der Waals surface area contributed by atoms with Crippen molar-refractivity contribution in [3.05, 3.63) is 28.5 Å². The second kappa shape index (κ2) is 5.11. The quantitative estimate of drug-likeness (QED) is 0.889. The van der Waals surface area contributed by atoms with Gasteiger partial charge in [0, 0.05) is 4.47 Å². The van der Waals surface area contributed by atoms with Crippen molar-refractivity contribution in [2.45, 2.75) is 19.4 Å². The van der Waals surface area contributed by atoms with E-state index in [2.05, 4.69) is 21.2 Å². The molecule has 0 aliphatic carbocycles. The van der Waals surface area contributed by atoms with E-state index < -0.39 is 17.8 Å². The Hall–Kier alpha value is -1.10. The third-order valence-corrected chi connectivity index (χ3v) is 2.46. The maximum absolute atomic E-state index is 13.3. The summed E-state index contributed by atoms with van der Waals surface area (Å²) in [6.45, 7) is 1.72. The molecule has 0 aliphatic rings. The highest BCUT2D eigenvalue weighted by Gasteiger charge is 2.15. The molecule has 82 valence electrons. The average Bonchev–Trinajstić information content (AvgIpc) is 2.16. The number of nitrogens with one attached hydrogen (secondary N) is 1. The number of benzene rings is 1. The molecule has 0 spiro atoms. The fourth-order valence-electron chi connectivity index (χ4n) is 1.13. The molecule has 15 heavy (non-hydrogen) atoms. The van der Waals surface area contributed by atoms with Crippen LogP contribution in [0, 0.1) is 5.82 Å². The van der Waals surface area contributed by atoms with E-state index in [-0.39, 0.29) is 5.69 Å². The van der Waals surface area contributed by atoms with E-state index in [4.69, 9.17) is 5.11 Å². The van der Waals surface area contributed by atoms with Gasteiger partial charge in [-0.25, -0.2) is 9.18 Å². The maximum Gasteiger partial charge on any atom is 0.326 e. The SMILES string of the molecule is CC[C@@H](Nc1ccc(Br)cc1F)C(=O)O. The Morgan fingerprint density at radius 2 is 2.33 bits per heavy atom. The molecule has 0 unspecified atom stereocenters. The summed E-state index contributed by atoms with van der Waals surface area (Å²) in [6, 6.07) is 3.68. The summed E-state index contributed by atoms with van der Waals surface area (Å²) in [5, 5.41) is 11.4. The number of carboxylic acid groups (broad SMARTS) is 1. The molecule has 0 heterocycles. The minimum Gasteiger partial charge on any atom is -0.480 e. The average molecular weight is 276 g/mol. The molecule has 0 saturated carbocycles. The van der Waals surface area contributed by atoms with Crippen molar-refractivity contribution in [1.82, 2.24) is 0 Å². The lowest BCUT2D eigenvalue weighted by atomic mass is 10.2. The van der Waals surface area contributed by atoms with E-state index in [1.54, 1.807) is 13.0 Å². The molecule has 0 aliphatic heterocycles. The molecule has 1 aromatic rings. The summed E-state index contributed by atoms with van der Waals surface area (Å²) in [4.78, 5) is 10.7. The molecular formula is C10H11BrFNO2. The fraction of sp³-hybridized carbons (Fsp3) is 0.300. The minimum absolute atomic E-state index is 0.201. The number of rotatable bonds is 4. The third-order valence-electron chi connectivity index (χ3n) is 1.97. The zero-order valence-corrected chi connectivity index (χ0v) is 9.71. The number of carbonyl (C=O) groups is 1. The van der Waals surface area contributed by atoms with Crippen LogP contribution in [0.1, 0.15) is 13.3 Å². The van der Waals surface area contributed by atoms with Gasteiger partial charge in [0.05, 0.1) is 5.69 Å². The summed E-state index contributed by atoms with van der Waals surface area (Å²) in [6.07, 6.45) is 0.394. The van der Waals surface area contributed by atoms with Crippen molar-refractivity contribution >= 4 is 27.6 Å². The van der Waals surface area contributed by atoms with E-state index in [9.17, 15) is 9.18 Å². The van der Waals surface area contributed by atoms with Crippen LogP contribution < -0.4 is 5.32 Å². The van der Waals surface area contributed by atoms with Crippen molar-refractivity contribution in [2.75, 3.05) is 5.32 Å². The van der Waals surface area contributed by atoms with Crippen molar-refractivity contribution in [3.63, 3.8) is 0 Å². The van der Waals surface area contributed by atoms with Crippen molar-refractivity contribution in [1.29, 1.82) is 0 Å². The number of aliphatic carboxylic acids is 1. The maximum atomic E-state index is 13.3. The largest absolute Gasteiger partial charge is 0.480 e. The standard InChI is InChI=1S/C10H11BrFNO2/c1-2-8(10(14)15)13-9-4-3-6(11)5-7(9)12/h3-5,8,13H,2H2,1H3,(H,14,15)/t8-/m1/s1. The predicted octanol–water partition coefficient (Wildman–Crippen LogP) is 2.86. The van der Waals surface area contributed by atoms with Gasteiger partial charge in [-0.05, 0) is 24.6 Å². The van der Waals surface area contributed by atoms with Gasteiger partial charge in [-0.3, -0.25) is 0 Å². The Bertz CT molecular complexity index is 370. The van der Waals surface area contributed by atoms with Crippen LogP contribution in [0.15, 0.2) is 22.7 Å². The van der Waals surface area contributed by atoms with E-state index in [0.717, 1.165) is 0 Å². The molecule has 0 saturated heterocycles. The molecule has 1 rings (SSSR count). The van der Waals surface area contributed by atoms with Gasteiger partial charge < -0.3 is 10.4 Å². The van der Waals surface area contributed by atoms with Gasteiger partial charge in [-0.15, -0.1) is 0 Å². The highest BCUT2D eigenvalue weighted by Crippen LogP contribution is 2.20. The first-order chi connectivity index (χ1) is 7.04.